The number of nitrogens with one attached hydrogen (secondary N) is 2. The van der Waals surface area contributed by atoms with Crippen LogP contribution in [0.3, 0.4) is 0 Å². The molecular formula is C17H27N5O. The van der Waals surface area contributed by atoms with Crippen LogP contribution in [0.5, 0.6) is 0 Å². The van der Waals surface area contributed by atoms with E-state index in [1.807, 2.05) is 4.90 Å². The Bertz CT molecular complexity index is 539. The van der Waals surface area contributed by atoms with E-state index in [1.54, 1.807) is 0 Å². The van der Waals surface area contributed by atoms with Gasteiger partial charge in [-0.3, -0.25) is 5.10 Å². The molecule has 1 aromatic heterocycles. The molecule has 3 aliphatic rings. The predicted octanol–water partition coefficient (Wildman–Crippen LogP) is 2.90. The van der Waals surface area contributed by atoms with Crippen molar-refractivity contribution in [1.82, 2.24) is 25.4 Å². The molecule has 6 heteroatoms. The predicted molar refractivity (Wildman–Crippen MR) is 87.3 cm³/mol. The van der Waals surface area contributed by atoms with Gasteiger partial charge >= 0.3 is 6.03 Å². The van der Waals surface area contributed by atoms with Gasteiger partial charge in [0, 0.05) is 31.0 Å². The minimum absolute atomic E-state index is 0.131. The lowest BCUT2D eigenvalue weighted by Crippen LogP contribution is -2.48. The molecule has 3 fully saturated rings. The van der Waals surface area contributed by atoms with Crippen LogP contribution in [0, 0.1) is 0 Å². The zero-order valence-electron chi connectivity index (χ0n) is 13.8. The van der Waals surface area contributed by atoms with Crippen molar-refractivity contribution < 1.29 is 4.79 Å². The molecule has 0 radical (unpaired) electrons. The van der Waals surface area contributed by atoms with Crippen LogP contribution < -0.4 is 5.32 Å². The molecule has 6 nitrogen and oxygen atoms in total. The van der Waals surface area contributed by atoms with E-state index >= 15 is 0 Å². The number of rotatable bonds is 3. The summed E-state index contributed by atoms with van der Waals surface area (Å²) in [5.74, 6) is 3.05. The quantitative estimate of drug-likeness (QED) is 0.900. The average Bonchev–Trinajstić information content (AvgIpc) is 3.33. The van der Waals surface area contributed by atoms with Gasteiger partial charge in [-0.15, -0.1) is 0 Å². The van der Waals surface area contributed by atoms with E-state index in [0.29, 0.717) is 17.9 Å². The Kier molecular flexibility index (Phi) is 4.23. The van der Waals surface area contributed by atoms with Gasteiger partial charge in [0.2, 0.25) is 0 Å². The van der Waals surface area contributed by atoms with Crippen molar-refractivity contribution >= 4 is 6.03 Å². The number of carbonyl (C=O) groups is 1. The maximum absolute atomic E-state index is 12.4. The third-order valence-electron chi connectivity index (χ3n) is 5.56. The second-order valence-corrected chi connectivity index (χ2v) is 7.40. The Morgan fingerprint density at radius 2 is 1.74 bits per heavy atom. The lowest BCUT2D eigenvalue weighted by atomic mass is 9.95. The molecule has 0 bridgehead atoms. The summed E-state index contributed by atoms with van der Waals surface area (Å²) in [5, 5.41) is 10.7. The highest BCUT2D eigenvalue weighted by atomic mass is 16.2. The summed E-state index contributed by atoms with van der Waals surface area (Å²) in [4.78, 5) is 19.0. The third kappa shape index (κ3) is 3.51. The fourth-order valence-electron chi connectivity index (χ4n) is 3.86. The second kappa shape index (κ2) is 6.49. The molecule has 2 amide bonds. The first kappa shape index (κ1) is 15.0. The first-order chi connectivity index (χ1) is 11.3. The molecule has 126 valence electrons. The molecule has 0 aromatic carbocycles. The zero-order valence-corrected chi connectivity index (χ0v) is 13.8. The van der Waals surface area contributed by atoms with Crippen molar-refractivity contribution in [3.05, 3.63) is 11.6 Å². The van der Waals surface area contributed by atoms with E-state index in [2.05, 4.69) is 20.5 Å². The van der Waals surface area contributed by atoms with Gasteiger partial charge in [0.25, 0.3) is 0 Å². The van der Waals surface area contributed by atoms with Crippen molar-refractivity contribution in [1.29, 1.82) is 0 Å². The number of nitrogens with zero attached hydrogens (tertiary/aromatic N) is 3. The van der Waals surface area contributed by atoms with E-state index in [-0.39, 0.29) is 6.03 Å². The van der Waals surface area contributed by atoms with Crippen LogP contribution in [0.1, 0.15) is 81.3 Å². The van der Waals surface area contributed by atoms with Gasteiger partial charge in [0.15, 0.2) is 5.82 Å². The maximum atomic E-state index is 12.4. The van der Waals surface area contributed by atoms with Crippen LogP contribution >= 0.6 is 0 Å². The number of aromatic nitrogens is 3. The minimum atomic E-state index is 0.131. The summed E-state index contributed by atoms with van der Waals surface area (Å²) < 4.78 is 0. The monoisotopic (exact) mass is 317 g/mol. The van der Waals surface area contributed by atoms with Gasteiger partial charge in [0.1, 0.15) is 5.82 Å². The molecule has 2 saturated carbocycles. The van der Waals surface area contributed by atoms with Gasteiger partial charge < -0.3 is 10.2 Å². The summed E-state index contributed by atoms with van der Waals surface area (Å²) >= 11 is 0. The Morgan fingerprint density at radius 3 is 2.43 bits per heavy atom. The summed E-state index contributed by atoms with van der Waals surface area (Å²) in [7, 11) is 0. The van der Waals surface area contributed by atoms with Crippen LogP contribution in [0.15, 0.2) is 0 Å². The molecule has 2 N–H and O–H groups in total. The molecule has 1 aromatic rings. The van der Waals surface area contributed by atoms with Crippen LogP contribution in [0.25, 0.3) is 0 Å². The van der Waals surface area contributed by atoms with Crippen LogP contribution in [-0.2, 0) is 0 Å². The lowest BCUT2D eigenvalue weighted by molar-refractivity contribution is 0.173. The number of hydrogen-bond donors (Lipinski definition) is 2. The second-order valence-electron chi connectivity index (χ2n) is 7.40. The largest absolute Gasteiger partial charge is 0.335 e. The van der Waals surface area contributed by atoms with Gasteiger partial charge in [-0.2, -0.15) is 5.10 Å². The summed E-state index contributed by atoms with van der Waals surface area (Å²) in [6, 6.07) is 0.524. The Hall–Kier alpha value is -1.59. The number of urea groups is 1. The molecule has 23 heavy (non-hydrogen) atoms. The number of aromatic amines is 1. The summed E-state index contributed by atoms with van der Waals surface area (Å²) in [5.41, 5.74) is 0. The first-order valence-electron chi connectivity index (χ1n) is 9.27. The number of likely N-dealkylation sites (tertiary alicyclic amines) is 1. The fourth-order valence-corrected chi connectivity index (χ4v) is 3.86. The molecule has 0 atom stereocenters. The third-order valence-corrected chi connectivity index (χ3v) is 5.56. The van der Waals surface area contributed by atoms with Crippen LogP contribution in [0.4, 0.5) is 4.79 Å². The van der Waals surface area contributed by atoms with E-state index in [4.69, 9.17) is 0 Å². The molecule has 2 heterocycles. The maximum Gasteiger partial charge on any atom is 0.317 e. The fraction of sp³-hybridized carbons (Fsp3) is 0.824. The smallest absolute Gasteiger partial charge is 0.317 e. The highest BCUT2D eigenvalue weighted by molar-refractivity contribution is 5.74. The van der Waals surface area contributed by atoms with Gasteiger partial charge in [-0.05, 0) is 38.5 Å². The first-order valence-corrected chi connectivity index (χ1v) is 9.27. The molecule has 1 saturated heterocycles. The number of hydrogen-bond acceptors (Lipinski definition) is 3. The van der Waals surface area contributed by atoms with Crippen molar-refractivity contribution in [2.45, 2.75) is 75.7 Å². The molecule has 2 aliphatic carbocycles. The topological polar surface area (TPSA) is 73.9 Å². The van der Waals surface area contributed by atoms with Gasteiger partial charge in [-0.25, -0.2) is 9.78 Å². The summed E-state index contributed by atoms with van der Waals surface area (Å²) in [6.07, 6.45) is 10.5. The standard InChI is InChI=1S/C17H27N5O/c23-17(18-14-4-2-1-3-5-14)22-10-8-13(9-11-22)16-19-15(20-21-16)12-6-7-12/h12-14H,1-11H2,(H,18,23)(H,19,20,21). The molecule has 4 rings (SSSR count). The zero-order chi connectivity index (χ0) is 15.6. The van der Waals surface area contributed by atoms with Crippen LogP contribution in [0.2, 0.25) is 0 Å². The van der Waals surface area contributed by atoms with E-state index < -0.39 is 0 Å². The van der Waals surface area contributed by atoms with E-state index in [1.165, 1.54) is 32.1 Å². The van der Waals surface area contributed by atoms with Crippen molar-refractivity contribution in [3.63, 3.8) is 0 Å². The number of piperidine rings is 1. The SMILES string of the molecule is O=C(NC1CCCCC1)N1CCC(c2nc(C3CC3)n[nH]2)CC1. The number of amides is 2. The number of H-pyrrole nitrogens is 1. The molecule has 1 aliphatic heterocycles. The highest BCUT2D eigenvalue weighted by Crippen LogP contribution is 2.38. The normalized spacial score (nSPS) is 23.9. The molecular weight excluding hydrogens is 290 g/mol. The average molecular weight is 317 g/mol. The Morgan fingerprint density at radius 1 is 1.00 bits per heavy atom. The lowest BCUT2D eigenvalue weighted by Gasteiger charge is -2.33. The molecule has 0 spiro atoms. The Balaban J connectivity index is 1.27. The van der Waals surface area contributed by atoms with Gasteiger partial charge in [0.05, 0.1) is 0 Å². The van der Waals surface area contributed by atoms with Crippen molar-refractivity contribution in [2.75, 3.05) is 13.1 Å². The number of carbonyl (C=O) groups excluding carboxylic acids is 1. The van der Waals surface area contributed by atoms with E-state index in [0.717, 1.165) is 50.4 Å². The molecule has 0 unspecified atom stereocenters. The van der Waals surface area contributed by atoms with Crippen LogP contribution in [-0.4, -0.2) is 45.2 Å². The Labute approximate surface area is 137 Å². The summed E-state index contributed by atoms with van der Waals surface area (Å²) in [6.45, 7) is 1.64. The van der Waals surface area contributed by atoms with Crippen molar-refractivity contribution in [3.8, 4) is 0 Å². The highest BCUT2D eigenvalue weighted by Gasteiger charge is 2.31. The minimum Gasteiger partial charge on any atom is -0.335 e. The van der Waals surface area contributed by atoms with Crippen molar-refractivity contribution in [2.24, 2.45) is 0 Å². The van der Waals surface area contributed by atoms with E-state index in [9.17, 15) is 4.79 Å². The van der Waals surface area contributed by atoms with Gasteiger partial charge in [-0.1, -0.05) is 19.3 Å².